The maximum absolute atomic E-state index is 10.6. The van der Waals surface area contributed by atoms with Gasteiger partial charge in [-0.1, -0.05) is 0 Å². The number of hydrogen-bond acceptors (Lipinski definition) is 6. The summed E-state index contributed by atoms with van der Waals surface area (Å²) in [6.07, 6.45) is -3.32. The van der Waals surface area contributed by atoms with Gasteiger partial charge in [-0.25, -0.2) is 9.78 Å². The van der Waals surface area contributed by atoms with Gasteiger partial charge in [0.2, 0.25) is 0 Å². The molecule has 0 aliphatic carbocycles. The minimum absolute atomic E-state index is 0.177. The first-order valence-electron chi connectivity index (χ1n) is 9.17. The number of rotatable bonds is 3. The zero-order chi connectivity index (χ0) is 24.5. The van der Waals surface area contributed by atoms with Crippen LogP contribution in [0.4, 0.5) is 13.2 Å². The van der Waals surface area contributed by atoms with Crippen LogP contribution in [0.25, 0.3) is 33.1 Å². The van der Waals surface area contributed by atoms with Crippen LogP contribution in [0.15, 0.2) is 34.9 Å². The van der Waals surface area contributed by atoms with Gasteiger partial charge < -0.3 is 19.7 Å². The molecule has 4 aromatic rings. The number of aliphatic carboxylic acids is 1. The molecule has 8 nitrogen and oxygen atoms in total. The lowest BCUT2D eigenvalue weighted by molar-refractivity contribution is -0.192. The molecular formula is C21H17BrF3N3O5. The van der Waals surface area contributed by atoms with E-state index in [0.29, 0.717) is 21.6 Å². The van der Waals surface area contributed by atoms with Crippen molar-refractivity contribution in [2.75, 3.05) is 14.2 Å². The van der Waals surface area contributed by atoms with Crippen LogP contribution < -0.4 is 9.47 Å². The number of aryl methyl sites for hydroxylation is 1. The van der Waals surface area contributed by atoms with Crippen molar-refractivity contribution in [3.8, 4) is 28.5 Å². The van der Waals surface area contributed by atoms with E-state index in [2.05, 4.69) is 26.1 Å². The molecule has 4 rings (SSSR count). The molecule has 0 unspecified atom stereocenters. The third kappa shape index (κ3) is 4.65. The average Bonchev–Trinajstić information content (AvgIpc) is 3.22. The molecule has 0 spiro atoms. The standard InChI is InChI=1S/C19H16BrN3O3.C2HF3O2/c1-9-16-11(7-15(25-2)18(9)26-3)17(22-19-12(16)8-21-23-19)10-4-5-14(24)13(20)6-10;3-2(4,5)1(6)7/h4-8,24H,1-3H3,(H,21,22,23);(H,6,7). The predicted octanol–water partition coefficient (Wildman–Crippen LogP) is 5.21. The van der Waals surface area contributed by atoms with Crippen LogP contribution in [0.5, 0.6) is 17.2 Å². The molecule has 0 aliphatic heterocycles. The molecule has 0 radical (unpaired) electrons. The lowest BCUT2D eigenvalue weighted by Gasteiger charge is -2.16. The van der Waals surface area contributed by atoms with E-state index in [-0.39, 0.29) is 5.75 Å². The summed E-state index contributed by atoms with van der Waals surface area (Å²) < 4.78 is 43.4. The smallest absolute Gasteiger partial charge is 0.490 e. The molecule has 12 heteroatoms. The Labute approximate surface area is 193 Å². The second-order valence-electron chi connectivity index (χ2n) is 6.72. The second kappa shape index (κ2) is 9.14. The summed E-state index contributed by atoms with van der Waals surface area (Å²) in [4.78, 5) is 13.7. The summed E-state index contributed by atoms with van der Waals surface area (Å²) in [5, 5.41) is 26.9. The highest BCUT2D eigenvalue weighted by atomic mass is 79.9. The first kappa shape index (κ1) is 24.1. The van der Waals surface area contributed by atoms with Gasteiger partial charge in [-0.3, -0.25) is 5.10 Å². The molecule has 2 aromatic carbocycles. The van der Waals surface area contributed by atoms with Crippen LogP contribution in [0.2, 0.25) is 0 Å². The number of alkyl halides is 3. The number of halogens is 4. The molecule has 0 aliphatic rings. The van der Waals surface area contributed by atoms with Crippen molar-refractivity contribution >= 4 is 43.7 Å². The van der Waals surface area contributed by atoms with E-state index in [0.717, 1.165) is 33.0 Å². The first-order valence-corrected chi connectivity index (χ1v) is 9.96. The molecule has 0 fully saturated rings. The van der Waals surface area contributed by atoms with Gasteiger partial charge in [0, 0.05) is 27.3 Å². The van der Waals surface area contributed by atoms with Gasteiger partial charge >= 0.3 is 12.1 Å². The number of carboxylic acids is 1. The summed E-state index contributed by atoms with van der Waals surface area (Å²) in [5.74, 6) is -1.25. The van der Waals surface area contributed by atoms with Crippen LogP contribution >= 0.6 is 15.9 Å². The fourth-order valence-corrected chi connectivity index (χ4v) is 3.68. The van der Waals surface area contributed by atoms with E-state index in [9.17, 15) is 18.3 Å². The maximum atomic E-state index is 10.6. The van der Waals surface area contributed by atoms with Crippen LogP contribution in [0, 0.1) is 6.92 Å². The Bertz CT molecular complexity index is 1350. The monoisotopic (exact) mass is 527 g/mol. The number of phenols is 1. The second-order valence-corrected chi connectivity index (χ2v) is 7.58. The molecule has 0 amide bonds. The Balaban J connectivity index is 0.000000383. The average molecular weight is 528 g/mol. The third-order valence-corrected chi connectivity index (χ3v) is 5.37. The largest absolute Gasteiger partial charge is 0.507 e. The molecule has 0 saturated carbocycles. The summed E-state index contributed by atoms with van der Waals surface area (Å²) >= 11 is 3.37. The van der Waals surface area contributed by atoms with Gasteiger partial charge in [0.05, 0.1) is 30.6 Å². The van der Waals surface area contributed by atoms with Crippen molar-refractivity contribution in [3.63, 3.8) is 0 Å². The highest BCUT2D eigenvalue weighted by Gasteiger charge is 2.38. The van der Waals surface area contributed by atoms with Gasteiger partial charge in [-0.2, -0.15) is 18.3 Å². The van der Waals surface area contributed by atoms with Crippen LogP contribution in [0.1, 0.15) is 5.56 Å². The number of phenolic OH excluding ortho intramolecular Hbond substituents is 1. The molecular weight excluding hydrogens is 511 g/mol. The van der Waals surface area contributed by atoms with Gasteiger partial charge in [0.1, 0.15) is 5.75 Å². The summed E-state index contributed by atoms with van der Waals surface area (Å²) in [6, 6.07) is 7.23. The normalized spacial score (nSPS) is 11.2. The topological polar surface area (TPSA) is 118 Å². The maximum Gasteiger partial charge on any atom is 0.490 e. The number of aromatic hydroxyl groups is 1. The highest BCUT2D eigenvalue weighted by Crippen LogP contribution is 2.43. The SMILES string of the molecule is COc1cc2c(-c3ccc(O)c(Br)c3)nc3[nH]ncc3c2c(C)c1OC.O=C(O)C(F)(F)F. The van der Waals surface area contributed by atoms with Crippen molar-refractivity contribution in [2.24, 2.45) is 0 Å². The number of pyridine rings is 1. The number of hydrogen-bond donors (Lipinski definition) is 3. The fraction of sp³-hybridized carbons (Fsp3) is 0.190. The van der Waals surface area contributed by atoms with E-state index in [4.69, 9.17) is 24.4 Å². The Morgan fingerprint density at radius 2 is 1.82 bits per heavy atom. The van der Waals surface area contributed by atoms with Gasteiger partial charge in [0.15, 0.2) is 17.1 Å². The minimum atomic E-state index is -5.08. The Hall–Kier alpha value is -3.54. The zero-order valence-electron chi connectivity index (χ0n) is 17.4. The molecule has 0 bridgehead atoms. The van der Waals surface area contributed by atoms with Crippen molar-refractivity contribution < 1.29 is 37.7 Å². The van der Waals surface area contributed by atoms with Crippen molar-refractivity contribution in [2.45, 2.75) is 13.1 Å². The molecule has 0 atom stereocenters. The summed E-state index contributed by atoms with van der Waals surface area (Å²) in [7, 11) is 3.24. The molecule has 174 valence electrons. The minimum Gasteiger partial charge on any atom is -0.507 e. The molecule has 2 aromatic heterocycles. The molecule has 0 saturated heterocycles. The molecule has 3 N–H and O–H groups in total. The lowest BCUT2D eigenvalue weighted by atomic mass is 9.97. The number of benzene rings is 2. The quantitative estimate of drug-likeness (QED) is 0.335. The number of methoxy groups -OCH3 is 2. The van der Waals surface area contributed by atoms with Crippen LogP contribution in [0.3, 0.4) is 0 Å². The van der Waals surface area contributed by atoms with E-state index in [1.54, 1.807) is 26.5 Å². The van der Waals surface area contributed by atoms with Crippen molar-refractivity contribution in [1.29, 1.82) is 0 Å². The van der Waals surface area contributed by atoms with E-state index >= 15 is 0 Å². The number of ether oxygens (including phenoxy) is 2. The Morgan fingerprint density at radius 3 is 2.36 bits per heavy atom. The number of carbonyl (C=O) groups is 1. The number of aromatic nitrogens is 3. The summed E-state index contributed by atoms with van der Waals surface area (Å²) in [5.41, 5.74) is 3.27. The number of nitrogens with zero attached hydrogens (tertiary/aromatic N) is 2. The van der Waals surface area contributed by atoms with Crippen LogP contribution in [-0.2, 0) is 4.79 Å². The highest BCUT2D eigenvalue weighted by molar-refractivity contribution is 9.10. The third-order valence-electron chi connectivity index (χ3n) is 4.74. The van der Waals surface area contributed by atoms with Crippen molar-refractivity contribution in [3.05, 3.63) is 40.5 Å². The first-order chi connectivity index (χ1) is 15.5. The van der Waals surface area contributed by atoms with Gasteiger partial charge in [-0.15, -0.1) is 0 Å². The molecule has 33 heavy (non-hydrogen) atoms. The van der Waals surface area contributed by atoms with Gasteiger partial charge in [-0.05, 0) is 47.1 Å². The van der Waals surface area contributed by atoms with E-state index < -0.39 is 12.1 Å². The molecule has 2 heterocycles. The van der Waals surface area contributed by atoms with Gasteiger partial charge in [0.25, 0.3) is 0 Å². The zero-order valence-corrected chi connectivity index (χ0v) is 19.0. The fourth-order valence-electron chi connectivity index (χ4n) is 3.30. The number of aromatic amines is 1. The number of carboxylic acid groups (broad SMARTS) is 1. The number of fused-ring (bicyclic) bond motifs is 3. The van der Waals surface area contributed by atoms with E-state index in [1.165, 1.54) is 0 Å². The number of nitrogens with one attached hydrogen (secondary N) is 1. The van der Waals surface area contributed by atoms with Crippen molar-refractivity contribution in [1.82, 2.24) is 15.2 Å². The Morgan fingerprint density at radius 1 is 1.15 bits per heavy atom. The predicted molar refractivity (Wildman–Crippen MR) is 118 cm³/mol. The Kier molecular flexibility index (Phi) is 6.68. The summed E-state index contributed by atoms with van der Waals surface area (Å²) in [6.45, 7) is 1.99. The number of H-pyrrole nitrogens is 1. The lowest BCUT2D eigenvalue weighted by Crippen LogP contribution is -2.21. The van der Waals surface area contributed by atoms with Crippen LogP contribution in [-0.4, -0.2) is 51.8 Å². The van der Waals surface area contributed by atoms with E-state index in [1.807, 2.05) is 25.1 Å².